The highest BCUT2D eigenvalue weighted by Crippen LogP contribution is 2.23. The van der Waals surface area contributed by atoms with E-state index in [4.69, 9.17) is 4.74 Å². The first-order valence-corrected chi connectivity index (χ1v) is 7.74. The van der Waals surface area contributed by atoms with Crippen molar-refractivity contribution in [2.45, 2.75) is 51.9 Å². The molecule has 3 nitrogen and oxygen atoms in total. The second-order valence-electron chi connectivity index (χ2n) is 5.81. The van der Waals surface area contributed by atoms with E-state index in [-0.39, 0.29) is 12.1 Å². The Kier molecular flexibility index (Phi) is 5.58. The third-order valence-corrected chi connectivity index (χ3v) is 4.25. The van der Waals surface area contributed by atoms with Gasteiger partial charge in [0, 0.05) is 25.7 Å². The van der Waals surface area contributed by atoms with E-state index in [9.17, 15) is 5.11 Å². The molecule has 0 amide bonds. The zero-order valence-electron chi connectivity index (χ0n) is 12.9. The van der Waals surface area contributed by atoms with Gasteiger partial charge < -0.3 is 9.84 Å². The van der Waals surface area contributed by atoms with Crippen LogP contribution in [0.2, 0.25) is 0 Å². The largest absolute Gasteiger partial charge is 0.387 e. The third-order valence-electron chi connectivity index (χ3n) is 4.25. The van der Waals surface area contributed by atoms with Gasteiger partial charge in [0.05, 0.1) is 12.2 Å². The lowest BCUT2D eigenvalue weighted by Gasteiger charge is -2.32. The Hall–Kier alpha value is -0.900. The molecule has 112 valence electrons. The number of aryl methyl sites for hydroxylation is 1. The number of aliphatic hydroxyl groups excluding tert-OH is 1. The smallest absolute Gasteiger partial charge is 0.0942 e. The maximum Gasteiger partial charge on any atom is 0.0942 e. The van der Waals surface area contributed by atoms with Gasteiger partial charge in [-0.3, -0.25) is 4.90 Å². The van der Waals surface area contributed by atoms with E-state index >= 15 is 0 Å². The van der Waals surface area contributed by atoms with E-state index in [1.807, 2.05) is 0 Å². The summed E-state index contributed by atoms with van der Waals surface area (Å²) in [6.45, 7) is 9.07. The third kappa shape index (κ3) is 3.81. The molecule has 0 aromatic heterocycles. The van der Waals surface area contributed by atoms with Crippen molar-refractivity contribution in [2.24, 2.45) is 0 Å². The standard InChI is InChI=1S/C17H27NO2/c1-4-15-6-8-16(9-7-15)17(19)14(3)18-10-5-11-20-13(2)12-18/h6-9,13-14,17,19H,4-5,10-12H2,1-3H3. The van der Waals surface area contributed by atoms with Gasteiger partial charge >= 0.3 is 0 Å². The molecule has 0 aliphatic carbocycles. The monoisotopic (exact) mass is 277 g/mol. The molecule has 3 atom stereocenters. The Morgan fingerprint density at radius 1 is 1.35 bits per heavy atom. The van der Waals surface area contributed by atoms with Crippen LogP contribution in [0, 0.1) is 0 Å². The fourth-order valence-electron chi connectivity index (χ4n) is 2.83. The predicted octanol–water partition coefficient (Wildman–Crippen LogP) is 2.78. The Labute approximate surface area is 122 Å². The summed E-state index contributed by atoms with van der Waals surface area (Å²) in [5.74, 6) is 0. The molecule has 0 radical (unpaired) electrons. The van der Waals surface area contributed by atoms with E-state index < -0.39 is 6.10 Å². The first kappa shape index (κ1) is 15.5. The van der Waals surface area contributed by atoms with Crippen LogP contribution in [0.25, 0.3) is 0 Å². The molecule has 0 bridgehead atoms. The van der Waals surface area contributed by atoms with Gasteiger partial charge in [0.1, 0.15) is 0 Å². The van der Waals surface area contributed by atoms with Crippen molar-refractivity contribution in [1.82, 2.24) is 4.90 Å². The van der Waals surface area contributed by atoms with Crippen LogP contribution in [-0.4, -0.2) is 41.8 Å². The number of aliphatic hydroxyl groups is 1. The summed E-state index contributed by atoms with van der Waals surface area (Å²) in [5.41, 5.74) is 2.32. The van der Waals surface area contributed by atoms with Gasteiger partial charge in [-0.15, -0.1) is 0 Å². The summed E-state index contributed by atoms with van der Waals surface area (Å²) in [4.78, 5) is 2.34. The molecule has 1 heterocycles. The van der Waals surface area contributed by atoms with Crippen LogP contribution in [0.15, 0.2) is 24.3 Å². The van der Waals surface area contributed by atoms with Crippen LogP contribution in [0.5, 0.6) is 0 Å². The summed E-state index contributed by atoms with van der Waals surface area (Å²) < 4.78 is 5.68. The summed E-state index contributed by atoms with van der Waals surface area (Å²) in [5, 5.41) is 10.6. The SMILES string of the molecule is CCc1ccc(C(O)C(C)N2CCCOC(C)C2)cc1. The minimum absolute atomic E-state index is 0.117. The number of rotatable bonds is 4. The van der Waals surface area contributed by atoms with Crippen LogP contribution < -0.4 is 0 Å². The second-order valence-corrected chi connectivity index (χ2v) is 5.81. The van der Waals surface area contributed by atoms with E-state index in [1.165, 1.54) is 5.56 Å². The minimum atomic E-state index is -0.439. The molecule has 1 N–H and O–H groups in total. The van der Waals surface area contributed by atoms with Gasteiger partial charge in [-0.05, 0) is 37.8 Å². The maximum absolute atomic E-state index is 10.6. The van der Waals surface area contributed by atoms with Gasteiger partial charge in [0.2, 0.25) is 0 Å². The second kappa shape index (κ2) is 7.21. The summed E-state index contributed by atoms with van der Waals surface area (Å²) in [6, 6.07) is 8.44. The fourth-order valence-corrected chi connectivity index (χ4v) is 2.83. The molecule has 1 aromatic carbocycles. The quantitative estimate of drug-likeness (QED) is 0.918. The number of benzene rings is 1. The molecule has 3 unspecified atom stereocenters. The highest BCUT2D eigenvalue weighted by Gasteiger charge is 2.25. The van der Waals surface area contributed by atoms with Crippen molar-refractivity contribution in [3.8, 4) is 0 Å². The number of hydrogen-bond acceptors (Lipinski definition) is 3. The van der Waals surface area contributed by atoms with Crippen LogP contribution in [0.3, 0.4) is 0 Å². The van der Waals surface area contributed by atoms with E-state index in [2.05, 4.69) is 49.9 Å². The van der Waals surface area contributed by atoms with Gasteiger partial charge in [0.25, 0.3) is 0 Å². The maximum atomic E-state index is 10.6. The Morgan fingerprint density at radius 3 is 2.70 bits per heavy atom. The molecular weight excluding hydrogens is 250 g/mol. The van der Waals surface area contributed by atoms with E-state index in [1.54, 1.807) is 0 Å². The Morgan fingerprint density at radius 2 is 2.05 bits per heavy atom. The summed E-state index contributed by atoms with van der Waals surface area (Å²) >= 11 is 0. The van der Waals surface area contributed by atoms with Crippen LogP contribution >= 0.6 is 0 Å². The minimum Gasteiger partial charge on any atom is -0.387 e. The lowest BCUT2D eigenvalue weighted by Crippen LogP contribution is -2.41. The molecular formula is C17H27NO2. The summed E-state index contributed by atoms with van der Waals surface area (Å²) in [7, 11) is 0. The van der Waals surface area contributed by atoms with Gasteiger partial charge in [-0.2, -0.15) is 0 Å². The molecule has 1 aromatic rings. The fraction of sp³-hybridized carbons (Fsp3) is 0.647. The van der Waals surface area contributed by atoms with Crippen LogP contribution in [0.1, 0.15) is 44.4 Å². The molecule has 1 saturated heterocycles. The van der Waals surface area contributed by atoms with Crippen molar-refractivity contribution in [1.29, 1.82) is 0 Å². The van der Waals surface area contributed by atoms with E-state index in [0.717, 1.165) is 38.1 Å². The molecule has 1 aliphatic heterocycles. The van der Waals surface area contributed by atoms with Crippen molar-refractivity contribution in [3.05, 3.63) is 35.4 Å². The first-order chi connectivity index (χ1) is 9.61. The molecule has 20 heavy (non-hydrogen) atoms. The average Bonchev–Trinajstić information content (AvgIpc) is 2.70. The first-order valence-electron chi connectivity index (χ1n) is 7.74. The zero-order chi connectivity index (χ0) is 14.5. The molecule has 0 spiro atoms. The van der Waals surface area contributed by atoms with Crippen molar-refractivity contribution in [2.75, 3.05) is 19.7 Å². The van der Waals surface area contributed by atoms with Crippen molar-refractivity contribution >= 4 is 0 Å². The molecule has 3 heteroatoms. The number of nitrogens with zero attached hydrogens (tertiary/aromatic N) is 1. The van der Waals surface area contributed by atoms with Gasteiger partial charge in [-0.25, -0.2) is 0 Å². The normalized spacial score (nSPS) is 24.1. The van der Waals surface area contributed by atoms with Crippen molar-refractivity contribution in [3.63, 3.8) is 0 Å². The highest BCUT2D eigenvalue weighted by molar-refractivity contribution is 5.25. The lowest BCUT2D eigenvalue weighted by atomic mass is 10.00. The van der Waals surface area contributed by atoms with Crippen molar-refractivity contribution < 1.29 is 9.84 Å². The molecule has 1 aliphatic rings. The number of hydrogen-bond donors (Lipinski definition) is 1. The molecule has 0 saturated carbocycles. The van der Waals surface area contributed by atoms with Crippen LogP contribution in [-0.2, 0) is 11.2 Å². The highest BCUT2D eigenvalue weighted by atomic mass is 16.5. The number of ether oxygens (including phenoxy) is 1. The van der Waals surface area contributed by atoms with E-state index in [0.29, 0.717) is 0 Å². The van der Waals surface area contributed by atoms with Crippen LogP contribution in [0.4, 0.5) is 0 Å². The van der Waals surface area contributed by atoms with Gasteiger partial charge in [0.15, 0.2) is 0 Å². The topological polar surface area (TPSA) is 32.7 Å². The Bertz CT molecular complexity index is 404. The summed E-state index contributed by atoms with van der Waals surface area (Å²) in [6.07, 6.45) is 1.88. The Balaban J connectivity index is 2.04. The zero-order valence-corrected chi connectivity index (χ0v) is 12.9. The predicted molar refractivity (Wildman–Crippen MR) is 81.8 cm³/mol. The average molecular weight is 277 g/mol. The van der Waals surface area contributed by atoms with Gasteiger partial charge in [-0.1, -0.05) is 31.2 Å². The molecule has 2 rings (SSSR count). The molecule has 1 fully saturated rings. The lowest BCUT2D eigenvalue weighted by molar-refractivity contribution is 0.0303.